The van der Waals surface area contributed by atoms with Gasteiger partial charge in [0, 0.05) is 12.1 Å². The maximum atomic E-state index is 12.1. The molecular weight excluding hydrogens is 234 g/mol. The van der Waals surface area contributed by atoms with Gasteiger partial charge in [-0.3, -0.25) is 9.48 Å². The van der Waals surface area contributed by atoms with Gasteiger partial charge in [0.1, 0.15) is 11.3 Å². The summed E-state index contributed by atoms with van der Waals surface area (Å²) in [5.41, 5.74) is 0.102. The van der Waals surface area contributed by atoms with Gasteiger partial charge >= 0.3 is 5.97 Å². The lowest BCUT2D eigenvalue weighted by Gasteiger charge is -2.26. The summed E-state index contributed by atoms with van der Waals surface area (Å²) in [4.78, 5) is 23.2. The molecule has 6 nitrogen and oxygen atoms in total. The van der Waals surface area contributed by atoms with E-state index < -0.39 is 5.97 Å². The average Bonchev–Trinajstić information content (AvgIpc) is 2.67. The Bertz CT molecular complexity index is 475. The summed E-state index contributed by atoms with van der Waals surface area (Å²) in [7, 11) is 0. The molecule has 0 aromatic carbocycles. The SMILES string of the molecule is CC(C)n1ncc(C(=O)O)c1C(=O)NC1CCC1. The van der Waals surface area contributed by atoms with Gasteiger partial charge in [-0.2, -0.15) is 5.10 Å². The summed E-state index contributed by atoms with van der Waals surface area (Å²) in [6.45, 7) is 3.72. The van der Waals surface area contributed by atoms with Crippen LogP contribution in [-0.4, -0.2) is 32.8 Å². The first-order chi connectivity index (χ1) is 8.50. The minimum Gasteiger partial charge on any atom is -0.478 e. The zero-order chi connectivity index (χ0) is 13.3. The lowest BCUT2D eigenvalue weighted by molar-refractivity contribution is 0.0689. The third kappa shape index (κ3) is 2.23. The maximum absolute atomic E-state index is 12.1. The van der Waals surface area contributed by atoms with Gasteiger partial charge in [0.2, 0.25) is 0 Å². The standard InChI is InChI=1S/C12H17N3O3/c1-7(2)15-10(9(6-13-15)12(17)18)11(16)14-8-4-3-5-8/h6-8H,3-5H2,1-2H3,(H,14,16)(H,17,18). The second-order valence-electron chi connectivity index (χ2n) is 4.85. The first-order valence-electron chi connectivity index (χ1n) is 6.12. The van der Waals surface area contributed by atoms with E-state index in [4.69, 9.17) is 5.11 Å². The molecule has 0 aliphatic heterocycles. The van der Waals surface area contributed by atoms with E-state index in [2.05, 4.69) is 10.4 Å². The van der Waals surface area contributed by atoms with E-state index >= 15 is 0 Å². The molecule has 1 aliphatic rings. The number of carbonyl (C=O) groups excluding carboxylic acids is 1. The molecule has 0 saturated heterocycles. The quantitative estimate of drug-likeness (QED) is 0.848. The molecule has 1 amide bonds. The predicted octanol–water partition coefficient (Wildman–Crippen LogP) is 1.44. The van der Waals surface area contributed by atoms with Crippen molar-refractivity contribution in [1.82, 2.24) is 15.1 Å². The van der Waals surface area contributed by atoms with Crippen molar-refractivity contribution in [1.29, 1.82) is 0 Å². The van der Waals surface area contributed by atoms with Crippen LogP contribution in [0.15, 0.2) is 6.20 Å². The van der Waals surface area contributed by atoms with E-state index in [9.17, 15) is 9.59 Å². The van der Waals surface area contributed by atoms with Crippen LogP contribution in [0.1, 0.15) is 60.0 Å². The smallest absolute Gasteiger partial charge is 0.339 e. The molecule has 1 heterocycles. The number of nitrogens with one attached hydrogen (secondary N) is 1. The van der Waals surface area contributed by atoms with Gasteiger partial charge in [0.15, 0.2) is 0 Å². The molecule has 0 radical (unpaired) electrons. The third-order valence-electron chi connectivity index (χ3n) is 3.17. The number of aromatic nitrogens is 2. The molecule has 1 aromatic rings. The van der Waals surface area contributed by atoms with Gasteiger partial charge in [-0.15, -0.1) is 0 Å². The van der Waals surface area contributed by atoms with E-state index in [-0.39, 0.29) is 29.2 Å². The Morgan fingerprint density at radius 2 is 2.17 bits per heavy atom. The molecule has 6 heteroatoms. The number of carboxylic acids is 1. The molecule has 0 unspecified atom stereocenters. The molecule has 2 N–H and O–H groups in total. The van der Waals surface area contributed by atoms with Crippen molar-refractivity contribution in [2.45, 2.75) is 45.2 Å². The van der Waals surface area contributed by atoms with Crippen molar-refractivity contribution in [2.24, 2.45) is 0 Å². The fourth-order valence-electron chi connectivity index (χ4n) is 1.94. The number of carbonyl (C=O) groups is 2. The van der Waals surface area contributed by atoms with Crippen LogP contribution in [0.2, 0.25) is 0 Å². The Hall–Kier alpha value is -1.85. The molecular formula is C12H17N3O3. The zero-order valence-corrected chi connectivity index (χ0v) is 10.5. The highest BCUT2D eigenvalue weighted by atomic mass is 16.4. The Morgan fingerprint density at radius 1 is 1.50 bits per heavy atom. The van der Waals surface area contributed by atoms with Crippen LogP contribution < -0.4 is 5.32 Å². The number of hydrogen-bond acceptors (Lipinski definition) is 3. The molecule has 18 heavy (non-hydrogen) atoms. The Balaban J connectivity index is 2.29. The van der Waals surface area contributed by atoms with Crippen molar-refractivity contribution < 1.29 is 14.7 Å². The van der Waals surface area contributed by atoms with Gasteiger partial charge in [-0.25, -0.2) is 4.79 Å². The monoisotopic (exact) mass is 251 g/mol. The van der Waals surface area contributed by atoms with Crippen LogP contribution in [0.3, 0.4) is 0 Å². The molecule has 2 rings (SSSR count). The Labute approximate surface area is 105 Å². The normalized spacial score (nSPS) is 15.5. The van der Waals surface area contributed by atoms with Crippen LogP contribution in [0.4, 0.5) is 0 Å². The summed E-state index contributed by atoms with van der Waals surface area (Å²) in [5.74, 6) is -1.47. The topological polar surface area (TPSA) is 84.2 Å². The van der Waals surface area contributed by atoms with Gasteiger partial charge < -0.3 is 10.4 Å². The van der Waals surface area contributed by atoms with Crippen LogP contribution in [0, 0.1) is 0 Å². The largest absolute Gasteiger partial charge is 0.478 e. The number of amides is 1. The van der Waals surface area contributed by atoms with Crippen LogP contribution in [0.5, 0.6) is 0 Å². The van der Waals surface area contributed by atoms with Crippen molar-refractivity contribution in [3.05, 3.63) is 17.5 Å². The summed E-state index contributed by atoms with van der Waals surface area (Å²) >= 11 is 0. The van der Waals surface area contributed by atoms with E-state index in [0.717, 1.165) is 19.3 Å². The maximum Gasteiger partial charge on any atom is 0.339 e. The van der Waals surface area contributed by atoms with Crippen molar-refractivity contribution in [2.75, 3.05) is 0 Å². The lowest BCUT2D eigenvalue weighted by Crippen LogP contribution is -2.41. The molecule has 1 aliphatic carbocycles. The van der Waals surface area contributed by atoms with Crippen molar-refractivity contribution in [3.8, 4) is 0 Å². The molecule has 0 bridgehead atoms. The average molecular weight is 251 g/mol. The van der Waals surface area contributed by atoms with Gasteiger partial charge in [0.25, 0.3) is 5.91 Å². The van der Waals surface area contributed by atoms with E-state index in [1.165, 1.54) is 10.9 Å². The molecule has 1 saturated carbocycles. The Kier molecular flexibility index (Phi) is 3.36. The predicted molar refractivity (Wildman–Crippen MR) is 64.7 cm³/mol. The summed E-state index contributed by atoms with van der Waals surface area (Å²) in [6.07, 6.45) is 4.27. The molecule has 1 fully saturated rings. The fraction of sp³-hybridized carbons (Fsp3) is 0.583. The van der Waals surface area contributed by atoms with Gasteiger partial charge in [-0.05, 0) is 33.1 Å². The zero-order valence-electron chi connectivity index (χ0n) is 10.5. The van der Waals surface area contributed by atoms with Gasteiger partial charge in [0.05, 0.1) is 6.20 Å². The van der Waals surface area contributed by atoms with Crippen molar-refractivity contribution in [3.63, 3.8) is 0 Å². The van der Waals surface area contributed by atoms with E-state index in [0.29, 0.717) is 0 Å². The van der Waals surface area contributed by atoms with Crippen LogP contribution >= 0.6 is 0 Å². The number of hydrogen-bond donors (Lipinski definition) is 2. The molecule has 1 aromatic heterocycles. The van der Waals surface area contributed by atoms with Crippen LogP contribution in [-0.2, 0) is 0 Å². The lowest BCUT2D eigenvalue weighted by atomic mass is 9.93. The highest BCUT2D eigenvalue weighted by Gasteiger charge is 2.27. The van der Waals surface area contributed by atoms with E-state index in [1.807, 2.05) is 13.8 Å². The minimum atomic E-state index is -1.12. The number of aromatic carboxylic acids is 1. The minimum absolute atomic E-state index is 0.0412. The second kappa shape index (κ2) is 4.80. The van der Waals surface area contributed by atoms with Crippen molar-refractivity contribution >= 4 is 11.9 Å². The first-order valence-corrected chi connectivity index (χ1v) is 6.12. The highest BCUT2D eigenvalue weighted by Crippen LogP contribution is 2.20. The summed E-state index contributed by atoms with van der Waals surface area (Å²) < 4.78 is 1.46. The summed E-state index contributed by atoms with van der Waals surface area (Å²) in [5, 5.41) is 15.9. The number of rotatable bonds is 4. The second-order valence-corrected chi connectivity index (χ2v) is 4.85. The molecule has 98 valence electrons. The number of nitrogens with zero attached hydrogens (tertiary/aromatic N) is 2. The third-order valence-corrected chi connectivity index (χ3v) is 3.17. The number of carboxylic acid groups (broad SMARTS) is 1. The molecule has 0 spiro atoms. The Morgan fingerprint density at radius 3 is 2.61 bits per heavy atom. The van der Waals surface area contributed by atoms with Crippen LogP contribution in [0.25, 0.3) is 0 Å². The summed E-state index contributed by atoms with van der Waals surface area (Å²) in [6, 6.07) is 0.120. The molecule has 0 atom stereocenters. The highest BCUT2D eigenvalue weighted by molar-refractivity contribution is 6.03. The van der Waals surface area contributed by atoms with E-state index in [1.54, 1.807) is 0 Å². The first kappa shape index (κ1) is 12.6. The fourth-order valence-corrected chi connectivity index (χ4v) is 1.94. The van der Waals surface area contributed by atoms with Gasteiger partial charge in [-0.1, -0.05) is 0 Å².